The molecular weight excluding hydrogens is 380 g/mol. The van der Waals surface area contributed by atoms with Gasteiger partial charge in [0.25, 0.3) is 5.56 Å². The lowest BCUT2D eigenvalue weighted by atomic mass is 10.1. The Balaban J connectivity index is 1.25. The highest BCUT2D eigenvalue weighted by Gasteiger charge is 2.11. The van der Waals surface area contributed by atoms with E-state index in [1.807, 2.05) is 30.3 Å². The minimum Gasteiger partial charge on any atom is -0.379 e. The van der Waals surface area contributed by atoms with E-state index in [1.165, 1.54) is 5.56 Å². The first kappa shape index (κ1) is 20.3. The summed E-state index contributed by atoms with van der Waals surface area (Å²) < 4.78 is 5.37. The fourth-order valence-electron chi connectivity index (χ4n) is 3.60. The van der Waals surface area contributed by atoms with E-state index >= 15 is 0 Å². The first-order chi connectivity index (χ1) is 14.7. The number of ether oxygens (including phenoxy) is 1. The monoisotopic (exact) mass is 406 g/mol. The van der Waals surface area contributed by atoms with Crippen LogP contribution in [0.2, 0.25) is 0 Å². The van der Waals surface area contributed by atoms with E-state index in [-0.39, 0.29) is 11.5 Å². The third kappa shape index (κ3) is 5.31. The Morgan fingerprint density at radius 2 is 1.87 bits per heavy atom. The number of amides is 1. The van der Waals surface area contributed by atoms with Crippen molar-refractivity contribution in [3.8, 4) is 0 Å². The summed E-state index contributed by atoms with van der Waals surface area (Å²) in [5.74, 6) is 0.568. The third-order valence-electron chi connectivity index (χ3n) is 5.23. The molecular formula is C23H26N4O3. The molecule has 0 aliphatic carbocycles. The van der Waals surface area contributed by atoms with Crippen molar-refractivity contribution in [1.29, 1.82) is 0 Å². The molecule has 1 aromatic heterocycles. The summed E-state index contributed by atoms with van der Waals surface area (Å²) in [6.07, 6.45) is 1.53. The zero-order valence-electron chi connectivity index (χ0n) is 16.9. The Morgan fingerprint density at radius 1 is 1.10 bits per heavy atom. The second-order valence-electron chi connectivity index (χ2n) is 7.52. The molecule has 0 saturated carbocycles. The van der Waals surface area contributed by atoms with E-state index < -0.39 is 0 Å². The predicted molar refractivity (Wildman–Crippen MR) is 116 cm³/mol. The first-order valence-electron chi connectivity index (χ1n) is 10.3. The molecule has 0 unspecified atom stereocenters. The molecule has 1 amide bonds. The smallest absolute Gasteiger partial charge is 0.258 e. The standard InChI is InChI=1S/C23H26N4O3/c28-22(7-3-6-21-25-20-5-2-1-4-19(20)23(29)26-21)24-18-10-8-17(9-11-18)16-27-12-14-30-15-13-27/h1-2,4-5,8-11H,3,6-7,12-16H2,(H,24,28)(H,25,26,29). The molecule has 0 radical (unpaired) electrons. The van der Waals surface area contributed by atoms with Crippen LogP contribution in [0.15, 0.2) is 53.3 Å². The Hall–Kier alpha value is -3.03. The number of aromatic nitrogens is 2. The van der Waals surface area contributed by atoms with Crippen LogP contribution >= 0.6 is 0 Å². The average Bonchev–Trinajstić information content (AvgIpc) is 2.76. The van der Waals surface area contributed by atoms with Crippen molar-refractivity contribution in [3.63, 3.8) is 0 Å². The van der Waals surface area contributed by atoms with Gasteiger partial charge in [-0.15, -0.1) is 0 Å². The quantitative estimate of drug-likeness (QED) is 0.630. The van der Waals surface area contributed by atoms with E-state index in [2.05, 4.69) is 32.3 Å². The van der Waals surface area contributed by atoms with Crippen LogP contribution in [-0.2, 0) is 22.5 Å². The number of hydrogen-bond acceptors (Lipinski definition) is 5. The minimum absolute atomic E-state index is 0.0425. The number of morpholine rings is 1. The van der Waals surface area contributed by atoms with Gasteiger partial charge in [0.05, 0.1) is 24.1 Å². The number of H-pyrrole nitrogens is 1. The summed E-state index contributed by atoms with van der Waals surface area (Å²) >= 11 is 0. The molecule has 0 spiro atoms. The van der Waals surface area contributed by atoms with Crippen molar-refractivity contribution in [1.82, 2.24) is 14.9 Å². The molecule has 1 aliphatic rings. The number of hydrogen-bond donors (Lipinski definition) is 2. The topological polar surface area (TPSA) is 87.3 Å². The molecule has 0 atom stereocenters. The van der Waals surface area contributed by atoms with E-state index in [1.54, 1.807) is 6.07 Å². The van der Waals surface area contributed by atoms with Crippen LogP contribution in [0.3, 0.4) is 0 Å². The van der Waals surface area contributed by atoms with Crippen molar-refractivity contribution in [2.75, 3.05) is 31.6 Å². The van der Waals surface area contributed by atoms with Gasteiger partial charge in [-0.2, -0.15) is 0 Å². The Bertz CT molecular complexity index is 1060. The van der Waals surface area contributed by atoms with Gasteiger partial charge in [-0.05, 0) is 36.2 Å². The molecule has 1 saturated heterocycles. The molecule has 30 heavy (non-hydrogen) atoms. The van der Waals surface area contributed by atoms with Crippen LogP contribution in [0.5, 0.6) is 0 Å². The number of anilines is 1. The summed E-state index contributed by atoms with van der Waals surface area (Å²) in [4.78, 5) is 34.0. The number of aryl methyl sites for hydroxylation is 1. The fraction of sp³-hybridized carbons (Fsp3) is 0.348. The maximum atomic E-state index is 12.3. The average molecular weight is 406 g/mol. The molecule has 2 N–H and O–H groups in total. The van der Waals surface area contributed by atoms with Crippen molar-refractivity contribution in [3.05, 3.63) is 70.3 Å². The number of para-hydroxylation sites is 1. The van der Waals surface area contributed by atoms with Gasteiger partial charge in [-0.3, -0.25) is 14.5 Å². The van der Waals surface area contributed by atoms with Crippen LogP contribution in [0.25, 0.3) is 10.9 Å². The summed E-state index contributed by atoms with van der Waals surface area (Å²) in [5, 5.41) is 3.51. The lowest BCUT2D eigenvalue weighted by Gasteiger charge is -2.26. The number of fused-ring (bicyclic) bond motifs is 1. The minimum atomic E-state index is -0.141. The number of rotatable bonds is 7. The Labute approximate surface area is 175 Å². The molecule has 1 fully saturated rings. The van der Waals surface area contributed by atoms with E-state index in [0.717, 1.165) is 38.5 Å². The largest absolute Gasteiger partial charge is 0.379 e. The van der Waals surface area contributed by atoms with Gasteiger partial charge in [0.1, 0.15) is 5.82 Å². The third-order valence-corrected chi connectivity index (χ3v) is 5.23. The number of nitrogens with one attached hydrogen (secondary N) is 2. The molecule has 7 nitrogen and oxygen atoms in total. The molecule has 7 heteroatoms. The van der Waals surface area contributed by atoms with Crippen LogP contribution in [0, 0.1) is 0 Å². The van der Waals surface area contributed by atoms with Crippen molar-refractivity contribution in [2.45, 2.75) is 25.8 Å². The summed E-state index contributed by atoms with van der Waals surface area (Å²) in [6, 6.07) is 15.2. The Kier molecular flexibility index (Phi) is 6.51. The summed E-state index contributed by atoms with van der Waals surface area (Å²) in [5.41, 5.74) is 2.55. The first-order valence-corrected chi connectivity index (χ1v) is 10.3. The fourth-order valence-corrected chi connectivity index (χ4v) is 3.60. The van der Waals surface area contributed by atoms with Crippen LogP contribution < -0.4 is 10.9 Å². The van der Waals surface area contributed by atoms with Gasteiger partial charge in [0.2, 0.25) is 5.91 Å². The number of carbonyl (C=O) groups excluding carboxylic acids is 1. The maximum absolute atomic E-state index is 12.3. The second-order valence-corrected chi connectivity index (χ2v) is 7.52. The lowest BCUT2D eigenvalue weighted by molar-refractivity contribution is -0.116. The lowest BCUT2D eigenvalue weighted by Crippen LogP contribution is -2.35. The van der Waals surface area contributed by atoms with Crippen molar-refractivity contribution >= 4 is 22.5 Å². The SMILES string of the molecule is O=C(CCCc1nc2ccccc2c(=O)[nH]1)Nc1ccc(CN2CCOCC2)cc1. The predicted octanol–water partition coefficient (Wildman–Crippen LogP) is 2.72. The second kappa shape index (κ2) is 9.65. The zero-order chi connectivity index (χ0) is 20.8. The maximum Gasteiger partial charge on any atom is 0.258 e. The normalized spacial score (nSPS) is 14.7. The van der Waals surface area contributed by atoms with Gasteiger partial charge in [0, 0.05) is 38.2 Å². The van der Waals surface area contributed by atoms with Gasteiger partial charge in [-0.25, -0.2) is 4.98 Å². The highest BCUT2D eigenvalue weighted by Crippen LogP contribution is 2.13. The van der Waals surface area contributed by atoms with Crippen molar-refractivity contribution in [2.24, 2.45) is 0 Å². The zero-order valence-corrected chi connectivity index (χ0v) is 16.9. The molecule has 4 rings (SSSR count). The molecule has 3 aromatic rings. The number of aromatic amines is 1. The molecule has 2 aromatic carbocycles. The van der Waals surface area contributed by atoms with Crippen LogP contribution in [-0.4, -0.2) is 47.1 Å². The highest BCUT2D eigenvalue weighted by molar-refractivity contribution is 5.90. The van der Waals surface area contributed by atoms with Crippen LogP contribution in [0.1, 0.15) is 24.2 Å². The van der Waals surface area contributed by atoms with E-state index in [9.17, 15) is 9.59 Å². The van der Waals surface area contributed by atoms with E-state index in [0.29, 0.717) is 36.0 Å². The summed E-state index contributed by atoms with van der Waals surface area (Å²) in [6.45, 7) is 4.38. The molecule has 2 heterocycles. The van der Waals surface area contributed by atoms with Gasteiger partial charge in [0.15, 0.2) is 0 Å². The van der Waals surface area contributed by atoms with Gasteiger partial charge in [-0.1, -0.05) is 24.3 Å². The van der Waals surface area contributed by atoms with Gasteiger partial charge < -0.3 is 15.0 Å². The molecule has 156 valence electrons. The highest BCUT2D eigenvalue weighted by atomic mass is 16.5. The number of carbonyl (C=O) groups is 1. The number of benzene rings is 2. The van der Waals surface area contributed by atoms with Crippen LogP contribution in [0.4, 0.5) is 5.69 Å². The van der Waals surface area contributed by atoms with E-state index in [4.69, 9.17) is 4.74 Å². The molecule has 1 aliphatic heterocycles. The number of nitrogens with zero attached hydrogens (tertiary/aromatic N) is 2. The molecule has 0 bridgehead atoms. The van der Waals surface area contributed by atoms with Gasteiger partial charge >= 0.3 is 0 Å². The Morgan fingerprint density at radius 3 is 2.67 bits per heavy atom. The summed E-state index contributed by atoms with van der Waals surface area (Å²) in [7, 11) is 0. The van der Waals surface area contributed by atoms with Crippen molar-refractivity contribution < 1.29 is 9.53 Å².